The molecule has 1 amide bonds. The molecule has 0 saturated carbocycles. The van der Waals surface area contributed by atoms with E-state index in [4.69, 9.17) is 4.74 Å². The van der Waals surface area contributed by atoms with Crippen LogP contribution in [0.3, 0.4) is 0 Å². The number of benzene rings is 2. The Morgan fingerprint density at radius 1 is 1.00 bits per heavy atom. The number of hydrogen-bond acceptors (Lipinski definition) is 7. The molecule has 38 heavy (non-hydrogen) atoms. The van der Waals surface area contributed by atoms with Crippen molar-refractivity contribution in [3.8, 4) is 28.6 Å². The normalized spacial score (nSPS) is 11.9. The van der Waals surface area contributed by atoms with Gasteiger partial charge in [-0.2, -0.15) is 17.6 Å². The number of hydrogen-bond donors (Lipinski definition) is 2. The number of amides is 1. The first kappa shape index (κ1) is 26.3. The summed E-state index contributed by atoms with van der Waals surface area (Å²) in [6.45, 7) is 1.81. The molecule has 0 fully saturated rings. The van der Waals surface area contributed by atoms with Gasteiger partial charge in [-0.05, 0) is 55.0 Å². The zero-order valence-corrected chi connectivity index (χ0v) is 20.1. The number of aromatic nitrogens is 3. The van der Waals surface area contributed by atoms with Crippen LogP contribution in [0.5, 0.6) is 17.4 Å². The molecular weight excluding hydrogens is 506 g/mol. The van der Waals surface area contributed by atoms with E-state index in [1.807, 2.05) is 6.92 Å². The Labute approximate surface area is 214 Å². The van der Waals surface area contributed by atoms with Crippen LogP contribution in [0.4, 0.5) is 29.2 Å². The van der Waals surface area contributed by atoms with Gasteiger partial charge in [0.05, 0.1) is 11.3 Å². The van der Waals surface area contributed by atoms with E-state index >= 15 is 0 Å². The van der Waals surface area contributed by atoms with Crippen molar-refractivity contribution in [1.29, 1.82) is 0 Å². The second kappa shape index (κ2) is 11.1. The molecule has 8 nitrogen and oxygen atoms in total. The number of carbonyl (C=O) groups excluding carboxylic acids is 1. The topological polar surface area (TPSA) is 98.3 Å². The van der Waals surface area contributed by atoms with Crippen LogP contribution in [0.1, 0.15) is 15.9 Å². The maximum Gasteiger partial charge on any atom is 0.457 e. The number of carbonyl (C=O) groups is 1. The van der Waals surface area contributed by atoms with Crippen molar-refractivity contribution in [2.45, 2.75) is 19.5 Å². The van der Waals surface area contributed by atoms with Crippen LogP contribution in [-0.4, -0.2) is 40.4 Å². The van der Waals surface area contributed by atoms with Crippen LogP contribution in [-0.2, 0) is 0 Å². The second-order valence-corrected chi connectivity index (χ2v) is 7.91. The lowest BCUT2D eigenvalue weighted by molar-refractivity contribution is -0.236. The van der Waals surface area contributed by atoms with Gasteiger partial charge in [-0.15, -0.1) is 0 Å². The van der Waals surface area contributed by atoms with Crippen LogP contribution >= 0.6 is 0 Å². The van der Waals surface area contributed by atoms with Gasteiger partial charge in [0, 0.05) is 36.8 Å². The number of pyridine rings is 1. The minimum atomic E-state index is -5.19. The first-order valence-electron chi connectivity index (χ1n) is 11.2. The lowest BCUT2D eigenvalue weighted by Gasteiger charge is -2.15. The Balaban J connectivity index is 1.54. The minimum Gasteiger partial charge on any atom is -0.452 e. The van der Waals surface area contributed by atoms with Crippen LogP contribution in [0.2, 0.25) is 0 Å². The largest absolute Gasteiger partial charge is 0.457 e. The number of halogens is 4. The summed E-state index contributed by atoms with van der Waals surface area (Å²) < 4.78 is 61.0. The van der Waals surface area contributed by atoms with E-state index in [2.05, 4.69) is 30.3 Å². The third-order valence-electron chi connectivity index (χ3n) is 5.17. The fourth-order valence-corrected chi connectivity index (χ4v) is 3.29. The molecule has 0 bridgehead atoms. The highest BCUT2D eigenvalue weighted by atomic mass is 19.4. The zero-order valence-electron chi connectivity index (χ0n) is 20.1. The SMILES string of the molecule is CNc1nccc(-c2cccnc2Oc2cc(NC(=O)c3cccc(OC(F)C(F)(F)F)c3)ccc2C)n1. The number of anilines is 2. The van der Waals surface area contributed by atoms with Gasteiger partial charge in [-0.25, -0.2) is 15.0 Å². The molecular formula is C26H21F4N5O3. The lowest BCUT2D eigenvalue weighted by Crippen LogP contribution is -2.29. The monoisotopic (exact) mass is 527 g/mol. The third kappa shape index (κ3) is 6.33. The smallest absolute Gasteiger partial charge is 0.452 e. The summed E-state index contributed by atoms with van der Waals surface area (Å²) in [5.74, 6) is 0.00687. The Kier molecular flexibility index (Phi) is 7.70. The van der Waals surface area contributed by atoms with E-state index < -0.39 is 24.2 Å². The quantitative estimate of drug-likeness (QED) is 0.265. The average molecular weight is 527 g/mol. The average Bonchev–Trinajstić information content (AvgIpc) is 2.90. The summed E-state index contributed by atoms with van der Waals surface area (Å²) in [5.41, 5.74) is 2.25. The van der Waals surface area contributed by atoms with E-state index in [-0.39, 0.29) is 11.4 Å². The Morgan fingerprint density at radius 3 is 2.58 bits per heavy atom. The summed E-state index contributed by atoms with van der Waals surface area (Å²) >= 11 is 0. The van der Waals surface area contributed by atoms with Crippen molar-refractivity contribution in [3.05, 3.63) is 84.2 Å². The highest BCUT2D eigenvalue weighted by molar-refractivity contribution is 6.04. The molecule has 0 radical (unpaired) electrons. The molecule has 2 aromatic carbocycles. The molecule has 12 heteroatoms. The van der Waals surface area contributed by atoms with E-state index in [1.165, 1.54) is 12.1 Å². The third-order valence-corrected chi connectivity index (χ3v) is 5.17. The van der Waals surface area contributed by atoms with E-state index in [0.717, 1.165) is 17.7 Å². The van der Waals surface area contributed by atoms with Gasteiger partial charge in [0.25, 0.3) is 5.91 Å². The molecule has 0 saturated heterocycles. The van der Waals surface area contributed by atoms with E-state index in [1.54, 1.807) is 55.8 Å². The summed E-state index contributed by atoms with van der Waals surface area (Å²) in [7, 11) is 1.70. The molecule has 0 spiro atoms. The maximum absolute atomic E-state index is 13.2. The number of nitrogens with one attached hydrogen (secondary N) is 2. The highest BCUT2D eigenvalue weighted by Crippen LogP contribution is 2.33. The standard InChI is InChI=1S/C26H21F4N5O3/c1-15-8-9-17(34-22(36)16-5-3-6-18(13-16)37-24(27)26(28,29)30)14-21(15)38-23-19(7-4-11-32-23)20-10-12-33-25(31-2)35-20/h3-14,24H,1-2H3,(H,34,36)(H,31,33,35). The zero-order chi connectivity index (χ0) is 27.3. The van der Waals surface area contributed by atoms with Gasteiger partial charge in [0.1, 0.15) is 11.5 Å². The molecule has 0 aliphatic carbocycles. The Bertz CT molecular complexity index is 1450. The van der Waals surface area contributed by atoms with Gasteiger partial charge in [-0.3, -0.25) is 4.79 Å². The van der Waals surface area contributed by atoms with Crippen molar-refractivity contribution < 1.29 is 31.8 Å². The van der Waals surface area contributed by atoms with Crippen molar-refractivity contribution in [3.63, 3.8) is 0 Å². The van der Waals surface area contributed by atoms with Gasteiger partial charge in [0.15, 0.2) is 0 Å². The second-order valence-electron chi connectivity index (χ2n) is 7.91. The summed E-state index contributed by atoms with van der Waals surface area (Å²) in [5, 5.41) is 5.52. The molecule has 4 aromatic rings. The van der Waals surface area contributed by atoms with Crippen molar-refractivity contribution >= 4 is 17.5 Å². The fraction of sp³-hybridized carbons (Fsp3) is 0.154. The number of aryl methyl sites for hydroxylation is 1. The van der Waals surface area contributed by atoms with Crippen LogP contribution in [0.15, 0.2) is 73.1 Å². The van der Waals surface area contributed by atoms with E-state index in [9.17, 15) is 22.4 Å². The number of rotatable bonds is 8. The predicted molar refractivity (Wildman–Crippen MR) is 132 cm³/mol. The van der Waals surface area contributed by atoms with Gasteiger partial charge in [-0.1, -0.05) is 12.1 Å². The molecule has 4 rings (SSSR count). The van der Waals surface area contributed by atoms with Crippen molar-refractivity contribution in [1.82, 2.24) is 15.0 Å². The van der Waals surface area contributed by atoms with Gasteiger partial charge < -0.3 is 20.1 Å². The molecule has 2 N–H and O–H groups in total. The first-order chi connectivity index (χ1) is 18.1. The number of alkyl halides is 4. The van der Waals surface area contributed by atoms with Crippen LogP contribution in [0, 0.1) is 6.92 Å². The number of nitrogens with zero attached hydrogens (tertiary/aromatic N) is 3. The summed E-state index contributed by atoms with van der Waals surface area (Å²) in [6.07, 6.45) is -5.53. The molecule has 196 valence electrons. The van der Waals surface area contributed by atoms with E-state index in [0.29, 0.717) is 28.6 Å². The minimum absolute atomic E-state index is 0.0315. The van der Waals surface area contributed by atoms with Crippen molar-refractivity contribution in [2.24, 2.45) is 0 Å². The molecule has 2 aromatic heterocycles. The molecule has 1 unspecified atom stereocenters. The molecule has 1 atom stereocenters. The molecule has 0 aliphatic rings. The Hall–Kier alpha value is -4.74. The highest BCUT2D eigenvalue weighted by Gasteiger charge is 2.42. The molecule has 2 heterocycles. The van der Waals surface area contributed by atoms with Gasteiger partial charge in [0.2, 0.25) is 11.8 Å². The first-order valence-corrected chi connectivity index (χ1v) is 11.2. The number of ether oxygens (including phenoxy) is 2. The summed E-state index contributed by atoms with van der Waals surface area (Å²) in [6, 6.07) is 14.9. The fourth-order valence-electron chi connectivity index (χ4n) is 3.29. The van der Waals surface area contributed by atoms with Gasteiger partial charge >= 0.3 is 12.5 Å². The van der Waals surface area contributed by atoms with Crippen LogP contribution < -0.4 is 20.1 Å². The van der Waals surface area contributed by atoms with Crippen molar-refractivity contribution in [2.75, 3.05) is 17.7 Å². The maximum atomic E-state index is 13.2. The Morgan fingerprint density at radius 2 is 1.82 bits per heavy atom. The lowest BCUT2D eigenvalue weighted by atomic mass is 10.1. The predicted octanol–water partition coefficient (Wildman–Crippen LogP) is 6.17. The van der Waals surface area contributed by atoms with Crippen LogP contribution in [0.25, 0.3) is 11.3 Å². The summed E-state index contributed by atoms with van der Waals surface area (Å²) in [4.78, 5) is 25.6. The molecule has 0 aliphatic heterocycles.